The summed E-state index contributed by atoms with van der Waals surface area (Å²) in [7, 11) is 0. The lowest BCUT2D eigenvalue weighted by Crippen LogP contribution is -2.06. The molecule has 1 heterocycles. The zero-order chi connectivity index (χ0) is 13.3. The molecule has 92 valence electrons. The van der Waals surface area contributed by atoms with Crippen LogP contribution in [-0.4, -0.2) is 9.78 Å². The molecule has 1 aromatic heterocycles. The van der Waals surface area contributed by atoms with Crippen LogP contribution in [-0.2, 0) is 0 Å². The smallest absolute Gasteiger partial charge is 0.103 e. The van der Waals surface area contributed by atoms with E-state index in [9.17, 15) is 0 Å². The van der Waals surface area contributed by atoms with E-state index in [2.05, 4.69) is 11.2 Å². The molecule has 0 N–H and O–H groups in total. The standard InChI is InChI=1S/C14H14ClN3/c1-9(2)14-11(7-16)8-17-18(14)13-6-4-5-12(15)10(13)3/h4-6,8-9H,1-3H3. The maximum Gasteiger partial charge on any atom is 0.103 e. The molecule has 0 spiro atoms. The first-order valence-corrected chi connectivity index (χ1v) is 6.17. The van der Waals surface area contributed by atoms with Crippen molar-refractivity contribution in [3.05, 3.63) is 46.2 Å². The highest BCUT2D eigenvalue weighted by Crippen LogP contribution is 2.27. The van der Waals surface area contributed by atoms with Crippen LogP contribution >= 0.6 is 11.6 Å². The van der Waals surface area contributed by atoms with Crippen LogP contribution in [0.5, 0.6) is 0 Å². The van der Waals surface area contributed by atoms with Gasteiger partial charge in [-0.15, -0.1) is 0 Å². The minimum Gasteiger partial charge on any atom is -0.236 e. The third-order valence-electron chi connectivity index (χ3n) is 2.94. The van der Waals surface area contributed by atoms with Gasteiger partial charge in [0.25, 0.3) is 0 Å². The summed E-state index contributed by atoms with van der Waals surface area (Å²) in [6.07, 6.45) is 1.61. The van der Waals surface area contributed by atoms with E-state index in [0.29, 0.717) is 10.6 Å². The molecule has 2 aromatic rings. The van der Waals surface area contributed by atoms with Crippen molar-refractivity contribution < 1.29 is 0 Å². The Bertz CT molecular complexity index is 620. The fraction of sp³-hybridized carbons (Fsp3) is 0.286. The summed E-state index contributed by atoms with van der Waals surface area (Å²) in [6, 6.07) is 7.89. The summed E-state index contributed by atoms with van der Waals surface area (Å²) in [5.74, 6) is 0.223. The van der Waals surface area contributed by atoms with Crippen LogP contribution in [0.1, 0.15) is 36.6 Å². The van der Waals surface area contributed by atoms with Crippen molar-refractivity contribution in [3.63, 3.8) is 0 Å². The molecule has 0 fully saturated rings. The molecule has 0 amide bonds. The molecule has 0 aliphatic heterocycles. The highest BCUT2D eigenvalue weighted by molar-refractivity contribution is 6.31. The molecule has 0 saturated heterocycles. The Hall–Kier alpha value is -1.79. The highest BCUT2D eigenvalue weighted by atomic mass is 35.5. The first-order chi connectivity index (χ1) is 8.56. The van der Waals surface area contributed by atoms with Crippen LogP contribution in [0, 0.1) is 18.3 Å². The minimum atomic E-state index is 0.223. The average molecular weight is 260 g/mol. The Morgan fingerprint density at radius 3 is 2.72 bits per heavy atom. The van der Waals surface area contributed by atoms with Gasteiger partial charge in [-0.1, -0.05) is 31.5 Å². The lowest BCUT2D eigenvalue weighted by atomic mass is 10.1. The van der Waals surface area contributed by atoms with Crippen molar-refractivity contribution in [2.24, 2.45) is 0 Å². The van der Waals surface area contributed by atoms with Crippen LogP contribution < -0.4 is 0 Å². The lowest BCUT2D eigenvalue weighted by Gasteiger charge is -2.13. The molecule has 18 heavy (non-hydrogen) atoms. The van der Waals surface area contributed by atoms with E-state index >= 15 is 0 Å². The van der Waals surface area contributed by atoms with Crippen LogP contribution in [0.2, 0.25) is 5.02 Å². The topological polar surface area (TPSA) is 41.6 Å². The molecule has 0 aliphatic carbocycles. The SMILES string of the molecule is Cc1c(Cl)cccc1-n1ncc(C#N)c1C(C)C. The van der Waals surface area contributed by atoms with Crippen molar-refractivity contribution >= 4 is 11.6 Å². The summed E-state index contributed by atoms with van der Waals surface area (Å²) in [5, 5.41) is 14.1. The zero-order valence-corrected chi connectivity index (χ0v) is 11.4. The fourth-order valence-corrected chi connectivity index (χ4v) is 2.19. The van der Waals surface area contributed by atoms with Gasteiger partial charge in [0.05, 0.1) is 23.1 Å². The molecular weight excluding hydrogens is 246 g/mol. The van der Waals surface area contributed by atoms with Gasteiger partial charge in [0, 0.05) is 5.02 Å². The van der Waals surface area contributed by atoms with E-state index in [-0.39, 0.29) is 5.92 Å². The van der Waals surface area contributed by atoms with Crippen molar-refractivity contribution in [2.45, 2.75) is 26.7 Å². The van der Waals surface area contributed by atoms with Gasteiger partial charge in [-0.3, -0.25) is 0 Å². The fourth-order valence-electron chi connectivity index (χ4n) is 2.02. The largest absolute Gasteiger partial charge is 0.236 e. The molecule has 0 atom stereocenters. The number of hydrogen-bond donors (Lipinski definition) is 0. The van der Waals surface area contributed by atoms with E-state index in [0.717, 1.165) is 16.9 Å². The first kappa shape index (κ1) is 12.7. The van der Waals surface area contributed by atoms with Gasteiger partial charge < -0.3 is 0 Å². The molecule has 0 saturated carbocycles. The van der Waals surface area contributed by atoms with E-state index in [1.165, 1.54) is 0 Å². The Morgan fingerprint density at radius 1 is 1.39 bits per heavy atom. The van der Waals surface area contributed by atoms with Gasteiger partial charge in [-0.2, -0.15) is 10.4 Å². The molecule has 0 bridgehead atoms. The number of rotatable bonds is 2. The molecule has 1 aromatic carbocycles. The van der Waals surface area contributed by atoms with Crippen molar-refractivity contribution in [3.8, 4) is 11.8 Å². The Morgan fingerprint density at radius 2 is 2.11 bits per heavy atom. The molecule has 3 nitrogen and oxygen atoms in total. The third kappa shape index (κ3) is 2.00. The summed E-state index contributed by atoms with van der Waals surface area (Å²) < 4.78 is 1.81. The Labute approximate surface area is 112 Å². The highest BCUT2D eigenvalue weighted by Gasteiger charge is 2.16. The second-order valence-corrected chi connectivity index (χ2v) is 4.91. The number of benzene rings is 1. The molecule has 0 radical (unpaired) electrons. The van der Waals surface area contributed by atoms with E-state index < -0.39 is 0 Å². The van der Waals surface area contributed by atoms with Crippen molar-refractivity contribution in [1.82, 2.24) is 9.78 Å². The number of aromatic nitrogens is 2. The number of nitriles is 1. The summed E-state index contributed by atoms with van der Waals surface area (Å²) in [6.45, 7) is 6.05. The second kappa shape index (κ2) is 4.83. The van der Waals surface area contributed by atoms with E-state index in [1.807, 2.05) is 43.7 Å². The first-order valence-electron chi connectivity index (χ1n) is 5.79. The van der Waals surface area contributed by atoms with Crippen LogP contribution in [0.3, 0.4) is 0 Å². The maximum absolute atomic E-state index is 9.12. The molecule has 2 rings (SSSR count). The Kier molecular flexibility index (Phi) is 3.40. The summed E-state index contributed by atoms with van der Waals surface area (Å²) >= 11 is 6.13. The quantitative estimate of drug-likeness (QED) is 0.822. The van der Waals surface area contributed by atoms with Crippen LogP contribution in [0.25, 0.3) is 5.69 Å². The maximum atomic E-state index is 9.12. The van der Waals surface area contributed by atoms with E-state index in [4.69, 9.17) is 16.9 Å². The predicted octanol–water partition coefficient (Wildman–Crippen LogP) is 3.83. The molecular formula is C14H14ClN3. The van der Waals surface area contributed by atoms with Crippen molar-refractivity contribution in [1.29, 1.82) is 5.26 Å². The zero-order valence-electron chi connectivity index (χ0n) is 10.6. The minimum absolute atomic E-state index is 0.223. The number of nitrogens with zero attached hydrogens (tertiary/aromatic N) is 3. The Balaban J connectivity index is 2.69. The third-order valence-corrected chi connectivity index (χ3v) is 3.35. The van der Waals surface area contributed by atoms with Crippen LogP contribution in [0.4, 0.5) is 0 Å². The second-order valence-electron chi connectivity index (χ2n) is 4.51. The van der Waals surface area contributed by atoms with E-state index in [1.54, 1.807) is 6.20 Å². The molecule has 0 aliphatic rings. The van der Waals surface area contributed by atoms with Gasteiger partial charge in [-0.05, 0) is 30.5 Å². The van der Waals surface area contributed by atoms with Gasteiger partial charge in [0.15, 0.2) is 0 Å². The van der Waals surface area contributed by atoms with Gasteiger partial charge in [0.1, 0.15) is 6.07 Å². The monoisotopic (exact) mass is 259 g/mol. The predicted molar refractivity (Wildman–Crippen MR) is 72.1 cm³/mol. The lowest BCUT2D eigenvalue weighted by molar-refractivity contribution is 0.730. The average Bonchev–Trinajstić information content (AvgIpc) is 2.76. The van der Waals surface area contributed by atoms with Gasteiger partial charge in [0.2, 0.25) is 0 Å². The summed E-state index contributed by atoms with van der Waals surface area (Å²) in [4.78, 5) is 0. The molecule has 4 heteroatoms. The summed E-state index contributed by atoms with van der Waals surface area (Å²) in [5.41, 5.74) is 3.42. The number of halogens is 1. The number of hydrogen-bond acceptors (Lipinski definition) is 2. The van der Waals surface area contributed by atoms with Gasteiger partial charge >= 0.3 is 0 Å². The molecule has 0 unspecified atom stereocenters. The van der Waals surface area contributed by atoms with Gasteiger partial charge in [-0.25, -0.2) is 4.68 Å². The normalized spacial score (nSPS) is 10.7. The van der Waals surface area contributed by atoms with Crippen LogP contribution in [0.15, 0.2) is 24.4 Å². The van der Waals surface area contributed by atoms with Crippen molar-refractivity contribution in [2.75, 3.05) is 0 Å².